The predicted molar refractivity (Wildman–Crippen MR) is 142 cm³/mol. The molecule has 0 saturated carbocycles. The number of hydrogen-bond acceptors (Lipinski definition) is 1. The summed E-state index contributed by atoms with van der Waals surface area (Å²) in [6, 6.07) is 43.5. The van der Waals surface area contributed by atoms with Gasteiger partial charge in [-0.3, -0.25) is 0 Å². The number of para-hydroxylation sites is 1. The molecule has 0 aliphatic heterocycles. The third-order valence-corrected chi connectivity index (χ3v) is 6.12. The van der Waals surface area contributed by atoms with E-state index in [1.54, 1.807) is 0 Å². The topological polar surface area (TPSA) is 3.24 Å². The summed E-state index contributed by atoms with van der Waals surface area (Å²) in [6.07, 6.45) is 0. The zero-order chi connectivity index (χ0) is 22.6. The maximum atomic E-state index is 6.05. The highest BCUT2D eigenvalue weighted by Gasteiger charge is 2.13. The van der Waals surface area contributed by atoms with Crippen molar-refractivity contribution >= 4 is 40.3 Å². The van der Waals surface area contributed by atoms with Crippen molar-refractivity contribution in [3.63, 3.8) is 0 Å². The monoisotopic (exact) mass is 465 g/mol. The summed E-state index contributed by atoms with van der Waals surface area (Å²) in [5.74, 6) is 0. The van der Waals surface area contributed by atoms with Crippen molar-refractivity contribution in [1.82, 2.24) is 0 Å². The second-order valence-corrected chi connectivity index (χ2v) is 8.65. The van der Waals surface area contributed by atoms with Crippen LogP contribution in [-0.2, 0) is 0 Å². The number of nitrogens with zero attached hydrogens (tertiary/aromatic N) is 1. The molecule has 0 radical (unpaired) electrons. The second-order valence-electron chi connectivity index (χ2n) is 7.78. The fraction of sp³-hybridized carbons (Fsp3) is 0. The van der Waals surface area contributed by atoms with Crippen molar-refractivity contribution in [2.75, 3.05) is 4.90 Å². The summed E-state index contributed by atoms with van der Waals surface area (Å²) in [6.45, 7) is 0. The molecule has 0 aliphatic rings. The molecule has 0 bridgehead atoms. The minimum atomic E-state index is 0.743. The number of hydrogen-bond donors (Lipinski definition) is 0. The fourth-order valence-corrected chi connectivity index (χ4v) is 4.17. The Labute approximate surface area is 204 Å². The van der Waals surface area contributed by atoms with Crippen LogP contribution in [0.4, 0.5) is 17.1 Å². The second kappa shape index (κ2) is 9.54. The molecule has 33 heavy (non-hydrogen) atoms. The van der Waals surface area contributed by atoms with Crippen molar-refractivity contribution in [1.29, 1.82) is 0 Å². The van der Waals surface area contributed by atoms with Crippen LogP contribution in [0.2, 0.25) is 10.0 Å². The van der Waals surface area contributed by atoms with Gasteiger partial charge in [0, 0.05) is 27.1 Å². The van der Waals surface area contributed by atoms with Crippen molar-refractivity contribution in [2.45, 2.75) is 0 Å². The minimum absolute atomic E-state index is 0.743. The molecule has 0 heterocycles. The van der Waals surface area contributed by atoms with Crippen molar-refractivity contribution in [2.24, 2.45) is 0 Å². The van der Waals surface area contributed by atoms with E-state index in [-0.39, 0.29) is 0 Å². The molecule has 0 spiro atoms. The molecule has 0 amide bonds. The standard InChI is InChI=1S/C30H21Cl2N/c31-26-14-6-22(7-15-26)24-10-18-29(19-11-24)33(28-4-2-1-3-5-28)30-20-12-25(13-21-30)23-8-16-27(32)17-9-23/h1-21H. The van der Waals surface area contributed by atoms with Crippen LogP contribution in [0.3, 0.4) is 0 Å². The van der Waals surface area contributed by atoms with Gasteiger partial charge in [-0.1, -0.05) is 89.9 Å². The molecule has 0 aliphatic carbocycles. The summed E-state index contributed by atoms with van der Waals surface area (Å²) in [4.78, 5) is 2.26. The van der Waals surface area contributed by atoms with Crippen LogP contribution >= 0.6 is 23.2 Å². The average Bonchev–Trinajstić information content (AvgIpc) is 2.87. The van der Waals surface area contributed by atoms with Gasteiger partial charge in [0.2, 0.25) is 0 Å². The highest BCUT2D eigenvalue weighted by atomic mass is 35.5. The Hall–Kier alpha value is -3.52. The van der Waals surface area contributed by atoms with E-state index in [0.717, 1.165) is 49.4 Å². The highest BCUT2D eigenvalue weighted by molar-refractivity contribution is 6.30. The molecule has 160 valence electrons. The van der Waals surface area contributed by atoms with Gasteiger partial charge in [-0.25, -0.2) is 0 Å². The van der Waals surface area contributed by atoms with E-state index < -0.39 is 0 Å². The summed E-state index contributed by atoms with van der Waals surface area (Å²) >= 11 is 12.1. The van der Waals surface area contributed by atoms with Gasteiger partial charge in [0.15, 0.2) is 0 Å². The van der Waals surface area contributed by atoms with Gasteiger partial charge in [-0.15, -0.1) is 0 Å². The smallest absolute Gasteiger partial charge is 0.0462 e. The van der Waals surface area contributed by atoms with Crippen LogP contribution in [0.15, 0.2) is 127 Å². The van der Waals surface area contributed by atoms with Crippen LogP contribution in [0.1, 0.15) is 0 Å². The summed E-state index contributed by atoms with van der Waals surface area (Å²) < 4.78 is 0. The first-order valence-electron chi connectivity index (χ1n) is 10.7. The Kier molecular flexibility index (Phi) is 6.17. The lowest BCUT2D eigenvalue weighted by Gasteiger charge is -2.26. The normalized spacial score (nSPS) is 10.7. The lowest BCUT2D eigenvalue weighted by molar-refractivity contribution is 1.28. The van der Waals surface area contributed by atoms with E-state index in [2.05, 4.69) is 77.7 Å². The molecule has 0 N–H and O–H groups in total. The Morgan fingerprint density at radius 2 is 0.636 bits per heavy atom. The molecule has 3 heteroatoms. The summed E-state index contributed by atoms with van der Waals surface area (Å²) in [5, 5.41) is 1.49. The Morgan fingerprint density at radius 3 is 1.00 bits per heavy atom. The molecule has 5 aromatic rings. The molecule has 0 saturated heterocycles. The Bertz CT molecular complexity index is 1240. The summed E-state index contributed by atoms with van der Waals surface area (Å²) in [5.41, 5.74) is 7.89. The molecule has 5 rings (SSSR count). The van der Waals surface area contributed by atoms with Gasteiger partial charge >= 0.3 is 0 Å². The van der Waals surface area contributed by atoms with Crippen molar-refractivity contribution in [3.8, 4) is 22.3 Å². The molecular weight excluding hydrogens is 445 g/mol. The van der Waals surface area contributed by atoms with Crippen LogP contribution in [0.25, 0.3) is 22.3 Å². The van der Waals surface area contributed by atoms with E-state index in [4.69, 9.17) is 23.2 Å². The van der Waals surface area contributed by atoms with E-state index in [9.17, 15) is 0 Å². The van der Waals surface area contributed by atoms with Gasteiger partial charge in [0.05, 0.1) is 0 Å². The maximum absolute atomic E-state index is 6.05. The molecule has 0 aromatic heterocycles. The van der Waals surface area contributed by atoms with Crippen LogP contribution in [0, 0.1) is 0 Å². The van der Waals surface area contributed by atoms with Gasteiger partial charge < -0.3 is 4.90 Å². The first-order chi connectivity index (χ1) is 16.2. The van der Waals surface area contributed by atoms with E-state index in [1.807, 2.05) is 54.6 Å². The lowest BCUT2D eigenvalue weighted by atomic mass is 10.0. The van der Waals surface area contributed by atoms with Gasteiger partial charge in [0.25, 0.3) is 0 Å². The number of benzene rings is 5. The third-order valence-electron chi connectivity index (χ3n) is 5.62. The number of rotatable bonds is 5. The Morgan fingerprint density at radius 1 is 0.333 bits per heavy atom. The molecule has 0 unspecified atom stereocenters. The molecule has 0 fully saturated rings. The lowest BCUT2D eigenvalue weighted by Crippen LogP contribution is -2.09. The maximum Gasteiger partial charge on any atom is 0.0462 e. The summed E-state index contributed by atoms with van der Waals surface area (Å²) in [7, 11) is 0. The van der Waals surface area contributed by atoms with Gasteiger partial charge in [-0.05, 0) is 82.9 Å². The molecular formula is C30H21Cl2N. The van der Waals surface area contributed by atoms with E-state index in [1.165, 1.54) is 0 Å². The van der Waals surface area contributed by atoms with Gasteiger partial charge in [-0.2, -0.15) is 0 Å². The molecule has 1 nitrogen and oxygen atoms in total. The van der Waals surface area contributed by atoms with E-state index >= 15 is 0 Å². The zero-order valence-electron chi connectivity index (χ0n) is 17.8. The first-order valence-corrected chi connectivity index (χ1v) is 11.5. The average molecular weight is 466 g/mol. The number of halogens is 2. The fourth-order valence-electron chi connectivity index (χ4n) is 3.91. The van der Waals surface area contributed by atoms with Crippen LogP contribution in [0.5, 0.6) is 0 Å². The third kappa shape index (κ3) is 4.80. The van der Waals surface area contributed by atoms with Crippen LogP contribution in [-0.4, -0.2) is 0 Å². The first kappa shape index (κ1) is 21.3. The largest absolute Gasteiger partial charge is 0.311 e. The van der Waals surface area contributed by atoms with E-state index in [0.29, 0.717) is 0 Å². The van der Waals surface area contributed by atoms with Crippen molar-refractivity contribution in [3.05, 3.63) is 137 Å². The van der Waals surface area contributed by atoms with Crippen molar-refractivity contribution < 1.29 is 0 Å². The van der Waals surface area contributed by atoms with Gasteiger partial charge in [0.1, 0.15) is 0 Å². The molecule has 5 aromatic carbocycles. The quantitative estimate of drug-likeness (QED) is 0.249. The Balaban J connectivity index is 1.50. The zero-order valence-corrected chi connectivity index (χ0v) is 19.3. The predicted octanol–water partition coefficient (Wildman–Crippen LogP) is 9.80. The highest BCUT2D eigenvalue weighted by Crippen LogP contribution is 2.36. The van der Waals surface area contributed by atoms with Crippen LogP contribution < -0.4 is 4.90 Å². The minimum Gasteiger partial charge on any atom is -0.311 e. The molecule has 0 atom stereocenters. The SMILES string of the molecule is Clc1ccc(-c2ccc(N(c3ccccc3)c3ccc(-c4ccc(Cl)cc4)cc3)cc2)cc1. The number of anilines is 3.